The van der Waals surface area contributed by atoms with Gasteiger partial charge < -0.3 is 0 Å². The lowest BCUT2D eigenvalue weighted by Gasteiger charge is -2.01. The zero-order chi connectivity index (χ0) is 5.70. The van der Waals surface area contributed by atoms with Gasteiger partial charge in [0.25, 0.3) is 0 Å². The van der Waals surface area contributed by atoms with Crippen LogP contribution in [-0.4, -0.2) is 18.3 Å². The Kier molecular flexibility index (Phi) is 3.02. The first-order valence-corrected chi connectivity index (χ1v) is 2.15. The minimum atomic E-state index is 1.64. The maximum atomic E-state index is 3.83. The van der Waals surface area contributed by atoms with Crippen LogP contribution in [0, 0.1) is 0 Å². The molecule has 0 rings (SSSR count). The summed E-state index contributed by atoms with van der Waals surface area (Å²) in [5.74, 6) is 0. The number of rotatable bonds is 2. The van der Waals surface area contributed by atoms with Crippen LogP contribution < -0.4 is 0 Å². The van der Waals surface area contributed by atoms with Crippen LogP contribution in [0.1, 0.15) is 6.92 Å². The fourth-order valence-electron chi connectivity index (χ4n) is 0.229. The van der Waals surface area contributed by atoms with Crippen molar-refractivity contribution in [1.82, 2.24) is 5.01 Å². The highest BCUT2D eigenvalue weighted by Gasteiger charge is 1.72. The normalized spacial score (nSPS) is 9.43. The van der Waals surface area contributed by atoms with Crippen molar-refractivity contribution in [2.45, 2.75) is 6.92 Å². The van der Waals surface area contributed by atoms with Crippen molar-refractivity contribution >= 4 is 6.21 Å². The van der Waals surface area contributed by atoms with Gasteiger partial charge in [-0.25, -0.2) is 0 Å². The molecule has 0 bridgehead atoms. The Balaban J connectivity index is 3.35. The summed E-state index contributed by atoms with van der Waals surface area (Å²) in [6.07, 6.45) is 3.35. The standard InChI is InChI=1S/C5H10N2/c1-4-6-7(3)5-2/h4-5H,2H2,1,3H3/b6-4+. The van der Waals surface area contributed by atoms with Gasteiger partial charge in [-0.05, 0) is 6.92 Å². The van der Waals surface area contributed by atoms with E-state index in [1.807, 2.05) is 14.0 Å². The Hall–Kier alpha value is -0.790. The van der Waals surface area contributed by atoms with Crippen LogP contribution in [0.3, 0.4) is 0 Å². The fourth-order valence-corrected chi connectivity index (χ4v) is 0.229. The van der Waals surface area contributed by atoms with Crippen molar-refractivity contribution in [3.63, 3.8) is 0 Å². The van der Waals surface area contributed by atoms with Gasteiger partial charge >= 0.3 is 0 Å². The van der Waals surface area contributed by atoms with E-state index in [1.54, 1.807) is 17.4 Å². The quantitative estimate of drug-likeness (QED) is 0.372. The molecule has 2 heteroatoms. The molecule has 0 aliphatic heterocycles. The summed E-state index contributed by atoms with van der Waals surface area (Å²) in [6.45, 7) is 5.35. The predicted molar refractivity (Wildman–Crippen MR) is 32.1 cm³/mol. The van der Waals surface area contributed by atoms with E-state index in [0.717, 1.165) is 0 Å². The van der Waals surface area contributed by atoms with Crippen LogP contribution >= 0.6 is 0 Å². The van der Waals surface area contributed by atoms with Crippen molar-refractivity contribution in [2.75, 3.05) is 7.05 Å². The summed E-state index contributed by atoms with van der Waals surface area (Å²) in [5, 5.41) is 5.47. The van der Waals surface area contributed by atoms with E-state index in [2.05, 4.69) is 11.7 Å². The minimum Gasteiger partial charge on any atom is -0.277 e. The first kappa shape index (κ1) is 6.21. The van der Waals surface area contributed by atoms with E-state index in [0.29, 0.717) is 0 Å². The Morgan fingerprint density at radius 2 is 2.29 bits per heavy atom. The summed E-state index contributed by atoms with van der Waals surface area (Å²) in [4.78, 5) is 0. The van der Waals surface area contributed by atoms with E-state index < -0.39 is 0 Å². The van der Waals surface area contributed by atoms with E-state index in [4.69, 9.17) is 0 Å². The SMILES string of the molecule is C=CN(C)/N=C/C. The Bertz CT molecular complexity index is 76.1. The lowest BCUT2D eigenvalue weighted by molar-refractivity contribution is 0.494. The zero-order valence-electron chi connectivity index (χ0n) is 4.76. The summed E-state index contributed by atoms with van der Waals surface area (Å²) >= 11 is 0. The topological polar surface area (TPSA) is 15.6 Å². The molecule has 2 nitrogen and oxygen atoms in total. The lowest BCUT2D eigenvalue weighted by atomic mass is 10.9. The number of hydrogen-bond donors (Lipinski definition) is 0. The highest BCUT2D eigenvalue weighted by Crippen LogP contribution is 1.77. The number of hydrazone groups is 1. The van der Waals surface area contributed by atoms with Crippen LogP contribution in [0.25, 0.3) is 0 Å². The maximum Gasteiger partial charge on any atom is 0.0296 e. The highest BCUT2D eigenvalue weighted by atomic mass is 15.4. The van der Waals surface area contributed by atoms with Gasteiger partial charge in [-0.1, -0.05) is 6.58 Å². The predicted octanol–water partition coefficient (Wildman–Crippen LogP) is 1.07. The molecule has 0 aliphatic rings. The maximum absolute atomic E-state index is 3.83. The van der Waals surface area contributed by atoms with Crippen molar-refractivity contribution < 1.29 is 0 Å². The molecule has 0 heterocycles. The smallest absolute Gasteiger partial charge is 0.0296 e. The molecule has 40 valence electrons. The summed E-state index contributed by atoms with van der Waals surface area (Å²) in [7, 11) is 1.83. The summed E-state index contributed by atoms with van der Waals surface area (Å²) in [5.41, 5.74) is 0. The molecule has 0 aromatic heterocycles. The molecule has 0 fully saturated rings. The van der Waals surface area contributed by atoms with Gasteiger partial charge in [0.05, 0.1) is 0 Å². The molecular formula is C5H10N2. The Morgan fingerprint density at radius 1 is 1.71 bits per heavy atom. The second-order valence-electron chi connectivity index (χ2n) is 1.13. The van der Waals surface area contributed by atoms with Gasteiger partial charge in [0.2, 0.25) is 0 Å². The molecule has 0 atom stereocenters. The molecule has 0 radical (unpaired) electrons. The molecule has 0 saturated carbocycles. The van der Waals surface area contributed by atoms with E-state index in [1.165, 1.54) is 0 Å². The molecule has 0 amide bonds. The monoisotopic (exact) mass is 98.1 g/mol. The van der Waals surface area contributed by atoms with E-state index in [9.17, 15) is 0 Å². The zero-order valence-corrected chi connectivity index (χ0v) is 4.76. The van der Waals surface area contributed by atoms with Crippen molar-refractivity contribution in [3.8, 4) is 0 Å². The molecule has 0 aromatic rings. The second-order valence-corrected chi connectivity index (χ2v) is 1.13. The first-order valence-electron chi connectivity index (χ1n) is 2.15. The Morgan fingerprint density at radius 3 is 2.43 bits per heavy atom. The van der Waals surface area contributed by atoms with Gasteiger partial charge in [-0.2, -0.15) is 5.10 Å². The molecule has 0 spiro atoms. The third-order valence-electron chi connectivity index (χ3n) is 0.562. The third-order valence-corrected chi connectivity index (χ3v) is 0.562. The van der Waals surface area contributed by atoms with Crippen LogP contribution in [0.4, 0.5) is 0 Å². The number of hydrogen-bond acceptors (Lipinski definition) is 2. The highest BCUT2D eigenvalue weighted by molar-refractivity contribution is 5.52. The average molecular weight is 98.1 g/mol. The molecule has 0 N–H and O–H groups in total. The second kappa shape index (κ2) is 3.40. The minimum absolute atomic E-state index is 1.64. The van der Waals surface area contributed by atoms with E-state index >= 15 is 0 Å². The molecule has 0 saturated heterocycles. The van der Waals surface area contributed by atoms with Crippen molar-refractivity contribution in [2.24, 2.45) is 5.10 Å². The van der Waals surface area contributed by atoms with Crippen LogP contribution in [0.2, 0.25) is 0 Å². The molecular weight excluding hydrogens is 88.1 g/mol. The van der Waals surface area contributed by atoms with E-state index in [-0.39, 0.29) is 0 Å². The van der Waals surface area contributed by atoms with Gasteiger partial charge in [-0.15, -0.1) is 0 Å². The van der Waals surface area contributed by atoms with Crippen LogP contribution in [0.15, 0.2) is 17.9 Å². The van der Waals surface area contributed by atoms with Crippen LogP contribution in [0.5, 0.6) is 0 Å². The molecule has 0 aliphatic carbocycles. The van der Waals surface area contributed by atoms with Gasteiger partial charge in [0.1, 0.15) is 0 Å². The van der Waals surface area contributed by atoms with Gasteiger partial charge in [-0.3, -0.25) is 5.01 Å². The fraction of sp³-hybridized carbons (Fsp3) is 0.400. The summed E-state index contributed by atoms with van der Waals surface area (Å²) < 4.78 is 0. The molecule has 7 heavy (non-hydrogen) atoms. The molecule has 0 unspecified atom stereocenters. The molecule has 0 aromatic carbocycles. The van der Waals surface area contributed by atoms with Crippen molar-refractivity contribution in [3.05, 3.63) is 12.8 Å². The summed E-state index contributed by atoms with van der Waals surface area (Å²) in [6, 6.07) is 0. The average Bonchev–Trinajstić information content (AvgIpc) is 1.68. The van der Waals surface area contributed by atoms with Gasteiger partial charge in [0, 0.05) is 19.5 Å². The lowest BCUT2D eigenvalue weighted by Crippen LogP contribution is -1.98. The largest absolute Gasteiger partial charge is 0.277 e. The van der Waals surface area contributed by atoms with Gasteiger partial charge in [0.15, 0.2) is 0 Å². The third kappa shape index (κ3) is 3.03. The number of nitrogens with zero attached hydrogens (tertiary/aromatic N) is 2. The first-order chi connectivity index (χ1) is 3.31. The Labute approximate surface area is 44.1 Å². The van der Waals surface area contributed by atoms with Crippen molar-refractivity contribution in [1.29, 1.82) is 0 Å². The van der Waals surface area contributed by atoms with Crippen LogP contribution in [-0.2, 0) is 0 Å².